The van der Waals surface area contributed by atoms with Crippen molar-refractivity contribution in [1.82, 2.24) is 20.1 Å². The molecule has 0 bridgehead atoms. The lowest BCUT2D eigenvalue weighted by atomic mass is 9.88. The molecule has 144 valence electrons. The molecular formula is C22H24N4OS. The number of aromatic nitrogens is 3. The minimum Gasteiger partial charge on any atom is -0.349 e. The minimum atomic E-state index is 0.0344. The van der Waals surface area contributed by atoms with Crippen molar-refractivity contribution in [1.29, 1.82) is 0 Å². The highest BCUT2D eigenvalue weighted by Crippen LogP contribution is 2.30. The van der Waals surface area contributed by atoms with Crippen molar-refractivity contribution >= 4 is 17.7 Å². The summed E-state index contributed by atoms with van der Waals surface area (Å²) < 4.78 is 1.95. The first-order chi connectivity index (χ1) is 13.6. The summed E-state index contributed by atoms with van der Waals surface area (Å²) in [7, 11) is 1.94. The topological polar surface area (TPSA) is 59.8 Å². The van der Waals surface area contributed by atoms with E-state index in [0.29, 0.717) is 5.75 Å². The normalized spacial score (nSPS) is 15.9. The van der Waals surface area contributed by atoms with Crippen LogP contribution < -0.4 is 5.32 Å². The van der Waals surface area contributed by atoms with Gasteiger partial charge >= 0.3 is 0 Å². The molecule has 0 radical (unpaired) electrons. The standard InChI is InChI=1S/C22H24N4OS/c1-15-8-3-5-11-17(15)21-24-25-22(26(21)2)28-14-20(27)23-19-13-7-10-16-9-4-6-12-18(16)19/h3-6,8-9,11-12,19H,7,10,13-14H2,1-2H3,(H,23,27)/t19-/m0/s1. The number of fused-ring (bicyclic) bond motifs is 1. The molecule has 0 unspecified atom stereocenters. The van der Waals surface area contributed by atoms with Gasteiger partial charge in [-0.05, 0) is 42.9 Å². The molecule has 1 atom stereocenters. The molecule has 3 aromatic rings. The summed E-state index contributed by atoms with van der Waals surface area (Å²) >= 11 is 1.42. The van der Waals surface area contributed by atoms with Crippen LogP contribution in [0.5, 0.6) is 0 Å². The van der Waals surface area contributed by atoms with E-state index in [1.807, 2.05) is 35.9 Å². The summed E-state index contributed by atoms with van der Waals surface area (Å²) in [4.78, 5) is 12.5. The summed E-state index contributed by atoms with van der Waals surface area (Å²) in [6, 6.07) is 16.6. The van der Waals surface area contributed by atoms with Crippen LogP contribution in [0, 0.1) is 6.92 Å². The Morgan fingerprint density at radius 3 is 2.82 bits per heavy atom. The highest BCUT2D eigenvalue weighted by atomic mass is 32.2. The molecule has 28 heavy (non-hydrogen) atoms. The van der Waals surface area contributed by atoms with Crippen LogP contribution in [0.3, 0.4) is 0 Å². The van der Waals surface area contributed by atoms with Crippen LogP contribution in [0.2, 0.25) is 0 Å². The van der Waals surface area contributed by atoms with Crippen molar-refractivity contribution in [3.8, 4) is 11.4 Å². The molecule has 6 heteroatoms. The number of amides is 1. The number of nitrogens with one attached hydrogen (secondary N) is 1. The Balaban J connectivity index is 1.41. The van der Waals surface area contributed by atoms with E-state index in [1.165, 1.54) is 22.9 Å². The van der Waals surface area contributed by atoms with E-state index < -0.39 is 0 Å². The Labute approximate surface area is 169 Å². The van der Waals surface area contributed by atoms with Crippen LogP contribution in [-0.2, 0) is 18.3 Å². The maximum Gasteiger partial charge on any atom is 0.230 e. The van der Waals surface area contributed by atoms with Gasteiger partial charge in [0.25, 0.3) is 0 Å². The molecule has 0 spiro atoms. The van der Waals surface area contributed by atoms with Gasteiger partial charge in [0.1, 0.15) is 0 Å². The number of carbonyl (C=O) groups is 1. The van der Waals surface area contributed by atoms with E-state index in [4.69, 9.17) is 0 Å². The fraction of sp³-hybridized carbons (Fsp3) is 0.318. The molecule has 1 amide bonds. The largest absolute Gasteiger partial charge is 0.349 e. The Kier molecular flexibility index (Phi) is 5.48. The van der Waals surface area contributed by atoms with E-state index in [2.05, 4.69) is 46.7 Å². The van der Waals surface area contributed by atoms with E-state index in [0.717, 1.165) is 41.4 Å². The Bertz CT molecular complexity index is 998. The second-order valence-electron chi connectivity index (χ2n) is 7.18. The van der Waals surface area contributed by atoms with Crippen molar-refractivity contribution in [2.75, 3.05) is 5.75 Å². The molecular weight excluding hydrogens is 368 g/mol. The third-order valence-electron chi connectivity index (χ3n) is 5.26. The molecule has 5 nitrogen and oxygen atoms in total. The third-order valence-corrected chi connectivity index (χ3v) is 6.28. The Hall–Kier alpha value is -2.60. The number of aryl methyl sites for hydroxylation is 2. The SMILES string of the molecule is Cc1ccccc1-c1nnc(SCC(=O)N[C@H]2CCCc3ccccc32)n1C. The van der Waals surface area contributed by atoms with Gasteiger partial charge in [-0.15, -0.1) is 10.2 Å². The molecule has 0 saturated heterocycles. The predicted molar refractivity (Wildman–Crippen MR) is 112 cm³/mol. The number of rotatable bonds is 5. The van der Waals surface area contributed by atoms with Gasteiger partial charge in [-0.25, -0.2) is 0 Å². The summed E-state index contributed by atoms with van der Waals surface area (Å²) in [6.45, 7) is 2.06. The number of hydrogen-bond donors (Lipinski definition) is 1. The zero-order valence-corrected chi connectivity index (χ0v) is 17.0. The molecule has 1 aliphatic carbocycles. The summed E-state index contributed by atoms with van der Waals surface area (Å²) in [5.41, 5.74) is 4.83. The Morgan fingerprint density at radius 2 is 1.96 bits per heavy atom. The maximum atomic E-state index is 12.5. The first kappa shape index (κ1) is 18.7. The highest BCUT2D eigenvalue weighted by molar-refractivity contribution is 7.99. The third kappa shape index (κ3) is 3.83. The van der Waals surface area contributed by atoms with Crippen LogP contribution >= 0.6 is 11.8 Å². The van der Waals surface area contributed by atoms with Gasteiger partial charge < -0.3 is 9.88 Å². The van der Waals surface area contributed by atoms with Crippen LogP contribution in [0.25, 0.3) is 11.4 Å². The van der Waals surface area contributed by atoms with Crippen molar-refractivity contribution < 1.29 is 4.79 Å². The van der Waals surface area contributed by atoms with E-state index in [-0.39, 0.29) is 11.9 Å². The van der Waals surface area contributed by atoms with Crippen molar-refractivity contribution in [3.63, 3.8) is 0 Å². The average Bonchev–Trinajstić information content (AvgIpc) is 3.07. The zero-order valence-electron chi connectivity index (χ0n) is 16.2. The van der Waals surface area contributed by atoms with Crippen LogP contribution in [0.15, 0.2) is 53.7 Å². The van der Waals surface area contributed by atoms with Gasteiger partial charge in [-0.2, -0.15) is 0 Å². The molecule has 1 heterocycles. The van der Waals surface area contributed by atoms with Crippen LogP contribution in [0.1, 0.15) is 35.6 Å². The number of carbonyl (C=O) groups excluding carboxylic acids is 1. The second-order valence-corrected chi connectivity index (χ2v) is 8.12. The number of benzene rings is 2. The lowest BCUT2D eigenvalue weighted by molar-refractivity contribution is -0.119. The molecule has 1 N–H and O–H groups in total. The Morgan fingerprint density at radius 1 is 1.18 bits per heavy atom. The molecule has 0 saturated carbocycles. The summed E-state index contributed by atoms with van der Waals surface area (Å²) in [6.07, 6.45) is 3.20. The smallest absolute Gasteiger partial charge is 0.230 e. The first-order valence-corrected chi connectivity index (χ1v) is 10.6. The number of thioether (sulfide) groups is 1. The van der Waals surface area contributed by atoms with E-state index in [9.17, 15) is 4.79 Å². The molecule has 2 aromatic carbocycles. The van der Waals surface area contributed by atoms with Crippen molar-refractivity contribution in [2.24, 2.45) is 7.05 Å². The van der Waals surface area contributed by atoms with Gasteiger partial charge in [0.05, 0.1) is 11.8 Å². The summed E-state index contributed by atoms with van der Waals surface area (Å²) in [5, 5.41) is 12.6. The predicted octanol–water partition coefficient (Wildman–Crippen LogP) is 4.08. The van der Waals surface area contributed by atoms with Gasteiger partial charge in [0, 0.05) is 12.6 Å². The quantitative estimate of drug-likeness (QED) is 0.665. The number of nitrogens with zero attached hydrogens (tertiary/aromatic N) is 3. The highest BCUT2D eigenvalue weighted by Gasteiger charge is 2.22. The maximum absolute atomic E-state index is 12.5. The van der Waals surface area contributed by atoms with Crippen molar-refractivity contribution in [3.05, 3.63) is 65.2 Å². The lowest BCUT2D eigenvalue weighted by Gasteiger charge is -2.26. The van der Waals surface area contributed by atoms with Gasteiger partial charge in [-0.3, -0.25) is 4.79 Å². The molecule has 1 aliphatic rings. The minimum absolute atomic E-state index is 0.0344. The fourth-order valence-electron chi connectivity index (χ4n) is 3.77. The van der Waals surface area contributed by atoms with E-state index in [1.54, 1.807) is 0 Å². The van der Waals surface area contributed by atoms with E-state index >= 15 is 0 Å². The molecule has 1 aromatic heterocycles. The monoisotopic (exact) mass is 392 g/mol. The van der Waals surface area contributed by atoms with Crippen molar-refractivity contribution in [2.45, 2.75) is 37.4 Å². The van der Waals surface area contributed by atoms with Gasteiger partial charge in [-0.1, -0.05) is 60.3 Å². The first-order valence-electron chi connectivity index (χ1n) is 9.59. The van der Waals surface area contributed by atoms with Gasteiger partial charge in [0.2, 0.25) is 5.91 Å². The molecule has 0 fully saturated rings. The van der Waals surface area contributed by atoms with Gasteiger partial charge in [0.15, 0.2) is 11.0 Å². The fourth-order valence-corrected chi connectivity index (χ4v) is 4.49. The zero-order chi connectivity index (χ0) is 19.5. The average molecular weight is 393 g/mol. The second kappa shape index (κ2) is 8.19. The molecule has 4 rings (SSSR count). The summed E-state index contributed by atoms with van der Waals surface area (Å²) in [5.74, 6) is 1.19. The molecule has 0 aliphatic heterocycles. The van der Waals surface area contributed by atoms with Crippen LogP contribution in [0.4, 0.5) is 0 Å². The lowest BCUT2D eigenvalue weighted by Crippen LogP contribution is -2.32. The number of hydrogen-bond acceptors (Lipinski definition) is 4. The van der Waals surface area contributed by atoms with Crippen LogP contribution in [-0.4, -0.2) is 26.4 Å².